The molecule has 0 bridgehead atoms. The first-order valence-corrected chi connectivity index (χ1v) is 10.9. The van der Waals surface area contributed by atoms with Gasteiger partial charge < -0.3 is 19.7 Å². The number of benzene rings is 1. The summed E-state index contributed by atoms with van der Waals surface area (Å²) in [4.78, 5) is 15.1. The summed E-state index contributed by atoms with van der Waals surface area (Å²) >= 11 is 0. The summed E-state index contributed by atoms with van der Waals surface area (Å²) in [7, 11) is 1.64. The molecule has 0 unspecified atom stereocenters. The van der Waals surface area contributed by atoms with E-state index in [4.69, 9.17) is 9.47 Å². The van der Waals surface area contributed by atoms with E-state index in [0.717, 1.165) is 19.0 Å². The molecule has 1 heterocycles. The number of hydrogen-bond acceptors (Lipinski definition) is 4. The molecule has 1 aromatic carbocycles. The van der Waals surface area contributed by atoms with E-state index in [2.05, 4.69) is 34.5 Å². The monoisotopic (exact) mass is 386 g/mol. The highest BCUT2D eigenvalue weighted by Crippen LogP contribution is 2.49. The van der Waals surface area contributed by atoms with Gasteiger partial charge in [0.05, 0.1) is 19.3 Å². The van der Waals surface area contributed by atoms with Crippen molar-refractivity contribution < 1.29 is 14.3 Å². The summed E-state index contributed by atoms with van der Waals surface area (Å²) in [5.41, 5.74) is 2.74. The Morgan fingerprint density at radius 3 is 2.68 bits per heavy atom. The van der Waals surface area contributed by atoms with Crippen molar-refractivity contribution in [1.82, 2.24) is 10.2 Å². The van der Waals surface area contributed by atoms with E-state index in [0.29, 0.717) is 25.0 Å². The third kappa shape index (κ3) is 4.42. The molecule has 1 N–H and O–H groups in total. The highest BCUT2D eigenvalue weighted by molar-refractivity contribution is 5.78. The molecule has 1 aliphatic heterocycles. The van der Waals surface area contributed by atoms with Crippen molar-refractivity contribution in [1.29, 1.82) is 0 Å². The van der Waals surface area contributed by atoms with Gasteiger partial charge in [0, 0.05) is 38.6 Å². The second-order valence-electron chi connectivity index (χ2n) is 8.71. The van der Waals surface area contributed by atoms with Crippen LogP contribution in [0.5, 0.6) is 0 Å². The number of carbonyl (C=O) groups excluding carboxylic acids is 1. The van der Waals surface area contributed by atoms with E-state index >= 15 is 0 Å². The first-order chi connectivity index (χ1) is 13.8. The summed E-state index contributed by atoms with van der Waals surface area (Å²) in [5.74, 6) is 1.86. The molecular weight excluding hydrogens is 352 g/mol. The Kier molecular flexibility index (Phi) is 6.65. The molecule has 1 amide bonds. The Labute approximate surface area is 168 Å². The number of fused-ring (bicyclic) bond motifs is 3. The summed E-state index contributed by atoms with van der Waals surface area (Å²) in [6.07, 6.45) is 6.99. The molecule has 1 saturated carbocycles. The fraction of sp³-hybridized carbons (Fsp3) is 0.696. The van der Waals surface area contributed by atoms with Gasteiger partial charge in [0.1, 0.15) is 6.61 Å². The largest absolute Gasteiger partial charge is 0.382 e. The van der Waals surface area contributed by atoms with Crippen LogP contribution in [0.1, 0.15) is 55.2 Å². The Bertz CT molecular complexity index is 659. The van der Waals surface area contributed by atoms with Gasteiger partial charge in [-0.3, -0.25) is 4.79 Å². The normalized spacial score (nSPS) is 27.5. The van der Waals surface area contributed by atoms with Crippen molar-refractivity contribution >= 4 is 5.91 Å². The van der Waals surface area contributed by atoms with E-state index in [-0.39, 0.29) is 18.6 Å². The molecular formula is C23H34N2O3. The topological polar surface area (TPSA) is 50.8 Å². The number of carbonyl (C=O) groups is 1. The van der Waals surface area contributed by atoms with Crippen molar-refractivity contribution in [2.24, 2.45) is 11.8 Å². The minimum atomic E-state index is -0.0257. The van der Waals surface area contributed by atoms with Gasteiger partial charge in [-0.15, -0.1) is 0 Å². The van der Waals surface area contributed by atoms with Crippen LogP contribution >= 0.6 is 0 Å². The highest BCUT2D eigenvalue weighted by Gasteiger charge is 2.46. The molecule has 4 rings (SSSR count). The molecule has 5 nitrogen and oxygen atoms in total. The first-order valence-electron chi connectivity index (χ1n) is 10.9. The van der Waals surface area contributed by atoms with Crippen LogP contribution in [-0.4, -0.2) is 57.4 Å². The van der Waals surface area contributed by atoms with Crippen LogP contribution in [0.3, 0.4) is 0 Å². The molecule has 1 saturated heterocycles. The van der Waals surface area contributed by atoms with Crippen LogP contribution in [-0.2, 0) is 14.3 Å². The Morgan fingerprint density at radius 1 is 1.11 bits per heavy atom. The van der Waals surface area contributed by atoms with E-state index < -0.39 is 0 Å². The van der Waals surface area contributed by atoms with Crippen LogP contribution in [0.25, 0.3) is 0 Å². The molecule has 2 aliphatic carbocycles. The number of nitrogens with one attached hydrogen (secondary N) is 1. The zero-order chi connectivity index (χ0) is 19.3. The van der Waals surface area contributed by atoms with E-state index in [1.54, 1.807) is 7.11 Å². The quantitative estimate of drug-likeness (QED) is 0.698. The van der Waals surface area contributed by atoms with Gasteiger partial charge in [0.25, 0.3) is 0 Å². The molecule has 2 fully saturated rings. The van der Waals surface area contributed by atoms with Gasteiger partial charge in [0.15, 0.2) is 0 Å². The van der Waals surface area contributed by atoms with Gasteiger partial charge in [0.2, 0.25) is 5.91 Å². The standard InChI is InChI=1S/C23H34N2O3/c1-27-11-12-28-16-22(26)24-23-19-10-6-5-9-18(19)20-14-25(15-21(20)23)13-17-7-3-2-4-8-17/h5-6,9-10,17,20-21,23H,2-4,7-8,11-16H2,1H3,(H,24,26)/t20-,21-,23+/m0/s1. The van der Waals surface area contributed by atoms with Crippen molar-refractivity contribution in [3.05, 3.63) is 35.4 Å². The van der Waals surface area contributed by atoms with Gasteiger partial charge in [-0.05, 0) is 29.9 Å². The maximum absolute atomic E-state index is 12.5. The summed E-state index contributed by atoms with van der Waals surface area (Å²) in [6.45, 7) is 4.52. The Morgan fingerprint density at radius 2 is 1.89 bits per heavy atom. The van der Waals surface area contributed by atoms with Gasteiger partial charge in [-0.2, -0.15) is 0 Å². The zero-order valence-corrected chi connectivity index (χ0v) is 17.1. The molecule has 1 aromatic rings. The average Bonchev–Trinajstić information content (AvgIpc) is 3.24. The number of rotatable bonds is 8. The Balaban J connectivity index is 1.39. The molecule has 28 heavy (non-hydrogen) atoms. The van der Waals surface area contributed by atoms with Crippen LogP contribution in [0.4, 0.5) is 0 Å². The predicted molar refractivity (Wildman–Crippen MR) is 109 cm³/mol. The maximum atomic E-state index is 12.5. The van der Waals surface area contributed by atoms with Crippen LogP contribution < -0.4 is 5.32 Å². The van der Waals surface area contributed by atoms with Gasteiger partial charge >= 0.3 is 0 Å². The predicted octanol–water partition coefficient (Wildman–Crippen LogP) is 3.12. The van der Waals surface area contributed by atoms with Crippen molar-refractivity contribution in [2.45, 2.75) is 44.1 Å². The van der Waals surface area contributed by atoms with E-state index in [9.17, 15) is 4.79 Å². The zero-order valence-electron chi connectivity index (χ0n) is 17.1. The number of likely N-dealkylation sites (tertiary alicyclic amines) is 1. The summed E-state index contributed by atoms with van der Waals surface area (Å²) in [5, 5.41) is 3.28. The lowest BCUT2D eigenvalue weighted by Gasteiger charge is -2.28. The minimum Gasteiger partial charge on any atom is -0.382 e. The smallest absolute Gasteiger partial charge is 0.246 e. The lowest BCUT2D eigenvalue weighted by atomic mass is 9.89. The molecule has 3 atom stereocenters. The third-order valence-corrected chi connectivity index (χ3v) is 6.82. The lowest BCUT2D eigenvalue weighted by Crippen LogP contribution is -2.36. The third-order valence-electron chi connectivity index (χ3n) is 6.82. The van der Waals surface area contributed by atoms with Crippen LogP contribution in [0.2, 0.25) is 0 Å². The average molecular weight is 387 g/mol. The van der Waals surface area contributed by atoms with Gasteiger partial charge in [-0.25, -0.2) is 0 Å². The second-order valence-corrected chi connectivity index (χ2v) is 8.71. The number of ether oxygens (including phenoxy) is 2. The SMILES string of the molecule is COCCOCC(=O)N[C@@H]1c2ccccc2[C@@H]2CN(CC3CCCCC3)C[C@H]12. The fourth-order valence-electron chi connectivity index (χ4n) is 5.53. The second kappa shape index (κ2) is 9.38. The fourth-order valence-corrected chi connectivity index (χ4v) is 5.53. The van der Waals surface area contributed by atoms with E-state index in [1.807, 2.05) is 0 Å². The van der Waals surface area contributed by atoms with Crippen molar-refractivity contribution in [2.75, 3.05) is 46.6 Å². The van der Waals surface area contributed by atoms with Crippen molar-refractivity contribution in [3.63, 3.8) is 0 Å². The van der Waals surface area contributed by atoms with Crippen LogP contribution in [0.15, 0.2) is 24.3 Å². The lowest BCUT2D eigenvalue weighted by molar-refractivity contribution is -0.127. The number of nitrogens with zero attached hydrogens (tertiary/aromatic N) is 1. The minimum absolute atomic E-state index is 0.0257. The molecule has 154 valence electrons. The molecule has 0 radical (unpaired) electrons. The number of amides is 1. The highest BCUT2D eigenvalue weighted by atomic mass is 16.5. The molecule has 5 heteroatoms. The molecule has 3 aliphatic rings. The number of methoxy groups -OCH3 is 1. The first kappa shape index (κ1) is 19.9. The molecule has 0 aromatic heterocycles. The van der Waals surface area contributed by atoms with Crippen LogP contribution in [0, 0.1) is 11.8 Å². The van der Waals surface area contributed by atoms with Crippen molar-refractivity contribution in [3.8, 4) is 0 Å². The van der Waals surface area contributed by atoms with E-state index in [1.165, 1.54) is 49.8 Å². The summed E-state index contributed by atoms with van der Waals surface area (Å²) < 4.78 is 10.4. The number of hydrogen-bond donors (Lipinski definition) is 1. The molecule has 0 spiro atoms. The summed E-state index contributed by atoms with van der Waals surface area (Å²) in [6, 6.07) is 8.79. The maximum Gasteiger partial charge on any atom is 0.246 e. The van der Waals surface area contributed by atoms with Gasteiger partial charge in [-0.1, -0.05) is 43.5 Å². The Hall–Kier alpha value is -1.43.